The van der Waals surface area contributed by atoms with Gasteiger partial charge in [-0.15, -0.1) is 0 Å². The highest BCUT2D eigenvalue weighted by molar-refractivity contribution is 5.96. The molecule has 1 aliphatic rings. The number of aliphatic imine (C=N–C) groups is 1. The highest BCUT2D eigenvalue weighted by Gasteiger charge is 2.20. The van der Waals surface area contributed by atoms with Gasteiger partial charge in [0.1, 0.15) is 5.75 Å². The number of rotatable bonds is 9. The SMILES string of the molecule is C=NC(=N)C(F)F.Cc1cc(OCCCC2CCN(O)CC2)ccc1C(=O)NC(C)(C)CN. The Labute approximate surface area is 194 Å². The number of amides is 1. The minimum absolute atomic E-state index is 0.111. The van der Waals surface area contributed by atoms with E-state index in [4.69, 9.17) is 15.9 Å². The van der Waals surface area contributed by atoms with Gasteiger partial charge in [0.05, 0.1) is 6.61 Å². The van der Waals surface area contributed by atoms with Crippen molar-refractivity contribution in [2.24, 2.45) is 16.6 Å². The number of carbonyl (C=O) groups excluding carboxylic acids is 1. The first-order valence-electron chi connectivity index (χ1n) is 11.0. The highest BCUT2D eigenvalue weighted by Crippen LogP contribution is 2.22. The van der Waals surface area contributed by atoms with Crippen molar-refractivity contribution in [1.82, 2.24) is 10.4 Å². The maximum Gasteiger partial charge on any atom is 0.296 e. The topological polar surface area (TPSA) is 124 Å². The minimum atomic E-state index is -2.78. The fourth-order valence-electron chi connectivity index (χ4n) is 3.25. The summed E-state index contributed by atoms with van der Waals surface area (Å²) in [5.74, 6) is 0.391. The van der Waals surface area contributed by atoms with Crippen LogP contribution < -0.4 is 15.8 Å². The Morgan fingerprint density at radius 1 is 1.42 bits per heavy atom. The molecule has 0 spiro atoms. The predicted molar refractivity (Wildman–Crippen MR) is 126 cm³/mol. The molecule has 8 nitrogen and oxygen atoms in total. The number of hydroxylamine groups is 2. The number of hydrogen-bond acceptors (Lipinski definition) is 6. The average Bonchev–Trinajstić information content (AvgIpc) is 2.77. The molecule has 1 saturated heterocycles. The van der Waals surface area contributed by atoms with Gasteiger partial charge >= 0.3 is 0 Å². The molecule has 5 N–H and O–H groups in total. The second-order valence-electron chi connectivity index (χ2n) is 8.75. The summed E-state index contributed by atoms with van der Waals surface area (Å²) in [5, 5.41) is 20.0. The van der Waals surface area contributed by atoms with E-state index in [1.807, 2.05) is 39.0 Å². The first kappa shape index (κ1) is 28.6. The van der Waals surface area contributed by atoms with Gasteiger partial charge in [-0.1, -0.05) is 0 Å². The Kier molecular flexibility index (Phi) is 12.1. The van der Waals surface area contributed by atoms with Crippen LogP contribution in [0.3, 0.4) is 0 Å². The van der Waals surface area contributed by atoms with Crippen LogP contribution in [0, 0.1) is 18.3 Å². The van der Waals surface area contributed by atoms with Crippen molar-refractivity contribution in [3.63, 3.8) is 0 Å². The number of amidine groups is 1. The molecule has 1 fully saturated rings. The zero-order valence-electron chi connectivity index (χ0n) is 19.7. The molecule has 1 aliphatic heterocycles. The van der Waals surface area contributed by atoms with Crippen molar-refractivity contribution in [2.75, 3.05) is 26.2 Å². The summed E-state index contributed by atoms with van der Waals surface area (Å²) < 4.78 is 28.0. The zero-order chi connectivity index (χ0) is 25.0. The molecule has 1 aromatic rings. The Balaban J connectivity index is 0.000000675. The molecule has 0 bridgehead atoms. The number of nitrogens with two attached hydrogens (primary N) is 1. The standard InChI is InChI=1S/C20H33N3O3.C3H4F2N2/c1-15-13-17(6-7-18(15)19(24)22-20(2,3)14-21)26-12-4-5-16-8-10-23(25)11-9-16;1-7-3(6)2(4)5/h6-7,13,16,25H,4-5,8-12,14,21H2,1-3H3,(H,22,24);2,6H,1H2. The van der Waals surface area contributed by atoms with E-state index in [9.17, 15) is 18.8 Å². The second-order valence-corrected chi connectivity index (χ2v) is 8.75. The van der Waals surface area contributed by atoms with Crippen molar-refractivity contribution in [1.29, 1.82) is 5.41 Å². The summed E-state index contributed by atoms with van der Waals surface area (Å²) >= 11 is 0. The molecular formula is C23H37F2N5O3. The maximum absolute atomic E-state index is 12.4. The molecule has 0 radical (unpaired) electrons. The van der Waals surface area contributed by atoms with Gasteiger partial charge in [0.25, 0.3) is 12.3 Å². The summed E-state index contributed by atoms with van der Waals surface area (Å²) in [6.45, 7) is 11.1. The summed E-state index contributed by atoms with van der Waals surface area (Å²) in [7, 11) is 0. The van der Waals surface area contributed by atoms with E-state index in [1.54, 1.807) is 0 Å². The van der Waals surface area contributed by atoms with E-state index in [-0.39, 0.29) is 5.91 Å². The van der Waals surface area contributed by atoms with Gasteiger partial charge in [-0.05, 0) is 82.9 Å². The van der Waals surface area contributed by atoms with Crippen LogP contribution in [0.2, 0.25) is 0 Å². The predicted octanol–water partition coefficient (Wildman–Crippen LogP) is 3.65. The van der Waals surface area contributed by atoms with Crippen LogP contribution in [0.1, 0.15) is 55.5 Å². The molecule has 0 aliphatic carbocycles. The minimum Gasteiger partial charge on any atom is -0.494 e. The quantitative estimate of drug-likeness (QED) is 0.250. The largest absolute Gasteiger partial charge is 0.494 e. The average molecular weight is 470 g/mol. The van der Waals surface area contributed by atoms with Crippen LogP contribution in [-0.4, -0.2) is 66.9 Å². The number of aryl methyl sites for hydroxylation is 1. The lowest BCUT2D eigenvalue weighted by atomic mass is 9.93. The molecule has 1 heterocycles. The van der Waals surface area contributed by atoms with Crippen LogP contribution >= 0.6 is 0 Å². The smallest absolute Gasteiger partial charge is 0.296 e. The van der Waals surface area contributed by atoms with E-state index < -0.39 is 17.8 Å². The number of piperidine rings is 1. The Morgan fingerprint density at radius 3 is 2.55 bits per heavy atom. The van der Waals surface area contributed by atoms with Crippen molar-refractivity contribution in [2.45, 2.75) is 58.4 Å². The molecule has 1 amide bonds. The summed E-state index contributed by atoms with van der Waals surface area (Å²) in [6.07, 6.45) is 1.46. The molecule has 10 heteroatoms. The van der Waals surface area contributed by atoms with E-state index in [0.29, 0.717) is 24.6 Å². The van der Waals surface area contributed by atoms with Crippen LogP contribution in [-0.2, 0) is 0 Å². The van der Waals surface area contributed by atoms with Crippen LogP contribution in [0.5, 0.6) is 5.75 Å². The van der Waals surface area contributed by atoms with Crippen molar-refractivity contribution < 1.29 is 23.5 Å². The Hall–Kier alpha value is -2.43. The van der Waals surface area contributed by atoms with Crippen molar-refractivity contribution >= 4 is 18.5 Å². The van der Waals surface area contributed by atoms with Gasteiger partial charge in [-0.25, -0.2) is 13.8 Å². The molecule has 186 valence electrons. The van der Waals surface area contributed by atoms with Crippen LogP contribution in [0.4, 0.5) is 8.78 Å². The molecule has 33 heavy (non-hydrogen) atoms. The molecule has 0 unspecified atom stereocenters. The third kappa shape index (κ3) is 10.8. The van der Waals surface area contributed by atoms with Gasteiger partial charge < -0.3 is 21.0 Å². The number of benzene rings is 1. The Morgan fingerprint density at radius 2 is 2.06 bits per heavy atom. The van der Waals surface area contributed by atoms with Crippen LogP contribution in [0.25, 0.3) is 0 Å². The van der Waals surface area contributed by atoms with E-state index in [1.165, 1.54) is 5.06 Å². The number of carbonyl (C=O) groups is 1. The van der Waals surface area contributed by atoms with Gasteiger partial charge in [0, 0.05) is 30.7 Å². The molecule has 0 atom stereocenters. The van der Waals surface area contributed by atoms with E-state index in [2.05, 4.69) is 17.0 Å². The number of nitrogens with one attached hydrogen (secondary N) is 2. The van der Waals surface area contributed by atoms with Crippen LogP contribution in [0.15, 0.2) is 23.2 Å². The van der Waals surface area contributed by atoms with Crippen molar-refractivity contribution in [3.05, 3.63) is 29.3 Å². The summed E-state index contributed by atoms with van der Waals surface area (Å²) in [4.78, 5) is 15.1. The summed E-state index contributed by atoms with van der Waals surface area (Å²) in [5.41, 5.74) is 6.79. The van der Waals surface area contributed by atoms with Gasteiger partial charge in [0.2, 0.25) is 0 Å². The highest BCUT2D eigenvalue weighted by atomic mass is 19.3. The number of hydrogen-bond donors (Lipinski definition) is 4. The molecule has 0 aromatic heterocycles. The van der Waals surface area contributed by atoms with E-state index in [0.717, 1.165) is 50.1 Å². The lowest BCUT2D eigenvalue weighted by Crippen LogP contribution is -2.49. The Bertz CT molecular complexity index is 781. The molecule has 0 saturated carbocycles. The number of ether oxygens (including phenoxy) is 1. The summed E-state index contributed by atoms with van der Waals surface area (Å²) in [6, 6.07) is 5.57. The lowest BCUT2D eigenvalue weighted by Gasteiger charge is -2.27. The zero-order valence-corrected chi connectivity index (χ0v) is 19.7. The monoisotopic (exact) mass is 469 g/mol. The lowest BCUT2D eigenvalue weighted by molar-refractivity contribution is -0.112. The van der Waals surface area contributed by atoms with Gasteiger partial charge in [-0.3, -0.25) is 10.2 Å². The number of alkyl halides is 2. The van der Waals surface area contributed by atoms with Gasteiger partial charge in [0.15, 0.2) is 5.84 Å². The third-order valence-corrected chi connectivity index (χ3v) is 5.40. The van der Waals surface area contributed by atoms with E-state index >= 15 is 0 Å². The third-order valence-electron chi connectivity index (χ3n) is 5.40. The normalized spacial score (nSPS) is 14.9. The first-order valence-corrected chi connectivity index (χ1v) is 11.0. The molecular weight excluding hydrogens is 432 g/mol. The van der Waals surface area contributed by atoms with Gasteiger partial charge in [-0.2, -0.15) is 5.06 Å². The first-order chi connectivity index (χ1) is 15.5. The molecule has 2 rings (SSSR count). The number of nitrogens with zero attached hydrogens (tertiary/aromatic N) is 2. The van der Waals surface area contributed by atoms with Crippen molar-refractivity contribution in [3.8, 4) is 5.75 Å². The second kappa shape index (κ2) is 14.0. The fourth-order valence-corrected chi connectivity index (χ4v) is 3.25. The molecule has 1 aromatic carbocycles. The maximum atomic E-state index is 12.4. The number of halogens is 2. The fraction of sp³-hybridized carbons (Fsp3) is 0.609.